The van der Waals surface area contributed by atoms with Crippen molar-refractivity contribution in [1.29, 1.82) is 0 Å². The lowest BCUT2D eigenvalue weighted by Crippen LogP contribution is -2.50. The first-order valence-electron chi connectivity index (χ1n) is 14.9. The highest BCUT2D eigenvalue weighted by molar-refractivity contribution is 7.89. The second kappa shape index (κ2) is 15.2. The van der Waals surface area contributed by atoms with Crippen molar-refractivity contribution in [3.05, 3.63) is 126 Å². The summed E-state index contributed by atoms with van der Waals surface area (Å²) in [5.74, 6) is -1.25. The largest absolute Gasteiger partial charge is 0.452 e. The lowest BCUT2D eigenvalue weighted by molar-refractivity contribution is -0.119. The van der Waals surface area contributed by atoms with Crippen LogP contribution in [0.15, 0.2) is 114 Å². The molecular formula is C35H40N4O6S. The van der Waals surface area contributed by atoms with Gasteiger partial charge >= 0.3 is 6.09 Å². The van der Waals surface area contributed by atoms with Crippen LogP contribution in [0.3, 0.4) is 0 Å². The Bertz CT molecular complexity index is 1680. The second-order valence-corrected chi connectivity index (χ2v) is 13.0. The number of aliphatic hydroxyl groups excluding tert-OH is 1. The molecule has 46 heavy (non-hydrogen) atoms. The molecule has 2 atom stereocenters. The highest BCUT2D eigenvalue weighted by Gasteiger charge is 2.36. The number of carbonyl (C=O) groups is 2. The smallest absolute Gasteiger partial charge is 0.420 e. The molecular weight excluding hydrogens is 604 g/mol. The molecule has 4 aromatic rings. The highest BCUT2D eigenvalue weighted by Crippen LogP contribution is 2.30. The molecule has 4 aromatic carbocycles. The number of hydrogen-bond donors (Lipinski definition) is 3. The van der Waals surface area contributed by atoms with Gasteiger partial charge in [-0.2, -0.15) is 4.31 Å². The number of nitrogen functional groups attached to an aromatic ring is 1. The van der Waals surface area contributed by atoms with Crippen LogP contribution in [0, 0.1) is 0 Å². The van der Waals surface area contributed by atoms with Crippen LogP contribution in [-0.4, -0.2) is 61.7 Å². The van der Waals surface area contributed by atoms with Crippen LogP contribution in [0.25, 0.3) is 0 Å². The summed E-state index contributed by atoms with van der Waals surface area (Å²) in [5, 5.41) is 10.4. The fraction of sp³-hybridized carbons (Fsp3) is 0.257. The first-order valence-corrected chi connectivity index (χ1v) is 16.3. The van der Waals surface area contributed by atoms with Crippen molar-refractivity contribution in [2.75, 3.05) is 24.4 Å². The zero-order valence-corrected chi connectivity index (χ0v) is 26.9. The van der Waals surface area contributed by atoms with Crippen molar-refractivity contribution in [2.45, 2.75) is 49.2 Å². The van der Waals surface area contributed by atoms with E-state index in [0.29, 0.717) is 11.3 Å². The van der Waals surface area contributed by atoms with Crippen molar-refractivity contribution < 1.29 is 27.9 Å². The number of anilines is 2. The Morgan fingerprint density at radius 3 is 1.91 bits per heavy atom. The van der Waals surface area contributed by atoms with Crippen LogP contribution in [-0.2, 0) is 26.0 Å². The van der Waals surface area contributed by atoms with Crippen LogP contribution < -0.4 is 16.4 Å². The fourth-order valence-electron chi connectivity index (χ4n) is 5.62. The van der Waals surface area contributed by atoms with Gasteiger partial charge in [-0.25, -0.2) is 18.1 Å². The number of sulfonamides is 1. The van der Waals surface area contributed by atoms with Gasteiger partial charge in [0.05, 0.1) is 36.4 Å². The molecule has 5 N–H and O–H groups in total. The molecule has 0 saturated heterocycles. The number of imide groups is 1. The van der Waals surface area contributed by atoms with E-state index in [9.17, 15) is 23.1 Å². The molecule has 0 aliphatic heterocycles. The van der Waals surface area contributed by atoms with Crippen molar-refractivity contribution in [3.8, 4) is 0 Å². The van der Waals surface area contributed by atoms with Gasteiger partial charge in [0.15, 0.2) is 0 Å². The van der Waals surface area contributed by atoms with Gasteiger partial charge < -0.3 is 21.3 Å². The molecule has 2 amide bonds. The number of nitrogens with zero attached hydrogens (tertiary/aromatic N) is 2. The van der Waals surface area contributed by atoms with E-state index in [1.54, 1.807) is 38.1 Å². The third kappa shape index (κ3) is 7.63. The molecule has 0 saturated carbocycles. The SMILES string of the molecule is COC(=O)N(C(=O)[C@@H](N)C(c1ccccc1)c1ccccc1)c1cccc(C[C@@H](CO)N(C(C)C)S(=O)(=O)c2ccc(N)cc2)c1. The molecule has 0 heterocycles. The second-order valence-electron chi connectivity index (χ2n) is 11.2. The first kappa shape index (κ1) is 34.3. The number of ether oxygens (including phenoxy) is 1. The van der Waals surface area contributed by atoms with Crippen molar-refractivity contribution in [3.63, 3.8) is 0 Å². The van der Waals surface area contributed by atoms with Crippen molar-refractivity contribution in [2.24, 2.45) is 5.73 Å². The zero-order chi connectivity index (χ0) is 33.4. The minimum Gasteiger partial charge on any atom is -0.452 e. The van der Waals surface area contributed by atoms with Crippen molar-refractivity contribution in [1.82, 2.24) is 4.31 Å². The predicted molar refractivity (Wildman–Crippen MR) is 179 cm³/mol. The van der Waals surface area contributed by atoms with Crippen LogP contribution in [0.1, 0.15) is 36.5 Å². The average molecular weight is 645 g/mol. The van der Waals surface area contributed by atoms with Gasteiger partial charge in [0.2, 0.25) is 10.0 Å². The molecule has 4 rings (SSSR count). The Labute approximate surface area is 270 Å². The number of nitrogens with two attached hydrogens (primary N) is 2. The van der Waals surface area contributed by atoms with Gasteiger partial charge in [-0.1, -0.05) is 72.8 Å². The van der Waals surface area contributed by atoms with Crippen LogP contribution >= 0.6 is 0 Å². The number of amides is 2. The molecule has 0 aliphatic rings. The minimum absolute atomic E-state index is 0.0467. The summed E-state index contributed by atoms with van der Waals surface area (Å²) in [6.07, 6.45) is -0.839. The topological polar surface area (TPSA) is 156 Å². The summed E-state index contributed by atoms with van der Waals surface area (Å²) >= 11 is 0. The molecule has 10 nitrogen and oxygen atoms in total. The van der Waals surface area contributed by atoms with Gasteiger partial charge in [0, 0.05) is 17.6 Å². The Hall–Kier alpha value is -4.55. The number of hydrogen-bond acceptors (Lipinski definition) is 8. The van der Waals surface area contributed by atoms with Gasteiger partial charge in [-0.05, 0) is 73.4 Å². The van der Waals surface area contributed by atoms with E-state index in [1.165, 1.54) is 35.7 Å². The van der Waals surface area contributed by atoms with E-state index in [0.717, 1.165) is 16.0 Å². The zero-order valence-electron chi connectivity index (χ0n) is 26.1. The third-order valence-corrected chi connectivity index (χ3v) is 9.86. The van der Waals surface area contributed by atoms with Crippen LogP contribution in [0.4, 0.5) is 16.2 Å². The number of benzene rings is 4. The number of carbonyl (C=O) groups excluding carboxylic acids is 2. The van der Waals surface area contributed by atoms with Gasteiger partial charge in [-0.3, -0.25) is 4.79 Å². The maximum atomic E-state index is 14.1. The summed E-state index contributed by atoms with van der Waals surface area (Å²) in [4.78, 5) is 28.2. The van der Waals surface area contributed by atoms with E-state index < -0.39 is 52.7 Å². The molecule has 0 aliphatic carbocycles. The molecule has 242 valence electrons. The first-order chi connectivity index (χ1) is 22.0. The average Bonchev–Trinajstić information content (AvgIpc) is 3.05. The lowest BCUT2D eigenvalue weighted by atomic mass is 9.84. The Balaban J connectivity index is 1.68. The summed E-state index contributed by atoms with van der Waals surface area (Å²) in [6.45, 7) is 2.97. The van der Waals surface area contributed by atoms with Crippen LogP contribution in [0.2, 0.25) is 0 Å². The number of rotatable bonds is 12. The molecule has 0 fully saturated rings. The number of aliphatic hydroxyl groups is 1. The quantitative estimate of drug-likeness (QED) is 0.190. The van der Waals surface area contributed by atoms with E-state index in [2.05, 4.69) is 0 Å². The third-order valence-electron chi connectivity index (χ3n) is 7.71. The number of methoxy groups -OCH3 is 1. The summed E-state index contributed by atoms with van der Waals surface area (Å²) < 4.78 is 33.6. The molecule has 0 spiro atoms. The standard InChI is InChI=1S/C35H40N4O6S/c1-24(2)39(46(43,44)31-19-17-28(36)18-20-31)30(23-40)22-25-11-10-16-29(21-25)38(35(42)45-3)34(41)33(37)32(26-12-6-4-7-13-26)27-14-8-5-9-15-27/h4-21,24,30,32-33,40H,22-23,36-37H2,1-3H3/t30-,33-/m0/s1. The molecule has 0 unspecified atom stereocenters. The summed E-state index contributed by atoms with van der Waals surface area (Å²) in [5.41, 5.74) is 15.2. The van der Waals surface area contributed by atoms with E-state index in [1.807, 2.05) is 60.7 Å². The van der Waals surface area contributed by atoms with Gasteiger partial charge in [0.1, 0.15) is 0 Å². The normalized spacial score (nSPS) is 13.0. The van der Waals surface area contributed by atoms with Gasteiger partial charge in [-0.15, -0.1) is 0 Å². The Kier molecular flexibility index (Phi) is 11.3. The summed E-state index contributed by atoms with van der Waals surface area (Å²) in [6, 6.07) is 28.6. The fourth-order valence-corrected chi connectivity index (χ4v) is 7.43. The van der Waals surface area contributed by atoms with Crippen LogP contribution in [0.5, 0.6) is 0 Å². The molecule has 0 aromatic heterocycles. The Morgan fingerprint density at radius 1 is 0.848 bits per heavy atom. The highest BCUT2D eigenvalue weighted by atomic mass is 32.2. The van der Waals surface area contributed by atoms with E-state index >= 15 is 0 Å². The van der Waals surface area contributed by atoms with E-state index in [4.69, 9.17) is 16.2 Å². The predicted octanol–water partition coefficient (Wildman–Crippen LogP) is 4.53. The maximum Gasteiger partial charge on any atom is 0.420 e. The maximum absolute atomic E-state index is 14.1. The molecule has 0 radical (unpaired) electrons. The van der Waals surface area contributed by atoms with E-state index in [-0.39, 0.29) is 17.0 Å². The molecule has 0 bridgehead atoms. The molecule has 11 heteroatoms. The lowest BCUT2D eigenvalue weighted by Gasteiger charge is -2.33. The summed E-state index contributed by atoms with van der Waals surface area (Å²) in [7, 11) is -2.84. The van der Waals surface area contributed by atoms with Gasteiger partial charge in [0.25, 0.3) is 5.91 Å². The minimum atomic E-state index is -4.02. The monoisotopic (exact) mass is 644 g/mol. The Morgan fingerprint density at radius 2 is 1.41 bits per heavy atom. The van der Waals surface area contributed by atoms with Crippen molar-refractivity contribution >= 4 is 33.4 Å².